The molecule has 5 nitrogen and oxygen atoms in total. The standard InChI is InChI=1S/C53H34N4O/c54-35-36-26-28-37(29-27-36)41-16-12-17-42(34-41)52-56-50(39-14-4-1-5-15-39)55-51(57-52)40-32-30-38(31-33-40)45-22-13-24-47-49(45)58-48-25-11-10-23-46(48)53(47,43-18-6-2-7-19-43)44-20-8-3-9-21-44/h1-34H. The summed E-state index contributed by atoms with van der Waals surface area (Å²) >= 11 is 0. The molecule has 0 fully saturated rings. The Kier molecular flexibility index (Phi) is 8.70. The highest BCUT2D eigenvalue weighted by atomic mass is 16.5. The van der Waals surface area contributed by atoms with E-state index in [1.54, 1.807) is 0 Å². The molecule has 0 atom stereocenters. The second-order valence-electron chi connectivity index (χ2n) is 14.3. The fourth-order valence-corrected chi connectivity index (χ4v) is 8.18. The van der Waals surface area contributed by atoms with Gasteiger partial charge in [-0.2, -0.15) is 5.26 Å². The van der Waals surface area contributed by atoms with Gasteiger partial charge in [0.05, 0.1) is 17.0 Å². The van der Waals surface area contributed by atoms with E-state index in [2.05, 4.69) is 140 Å². The van der Waals surface area contributed by atoms with Crippen molar-refractivity contribution in [3.8, 4) is 74.0 Å². The van der Waals surface area contributed by atoms with Crippen molar-refractivity contribution < 1.29 is 4.74 Å². The van der Waals surface area contributed by atoms with E-state index < -0.39 is 5.41 Å². The second-order valence-corrected chi connectivity index (χ2v) is 14.3. The van der Waals surface area contributed by atoms with Gasteiger partial charge in [0.2, 0.25) is 0 Å². The number of para-hydroxylation sites is 2. The molecule has 0 amide bonds. The average Bonchev–Trinajstić information content (AvgIpc) is 3.31. The minimum atomic E-state index is -0.602. The minimum absolute atomic E-state index is 0.575. The van der Waals surface area contributed by atoms with Gasteiger partial charge in [0.1, 0.15) is 11.5 Å². The van der Waals surface area contributed by atoms with Crippen LogP contribution in [0, 0.1) is 11.3 Å². The van der Waals surface area contributed by atoms with E-state index in [4.69, 9.17) is 19.7 Å². The Labute approximate surface area is 337 Å². The lowest BCUT2D eigenvalue weighted by molar-refractivity contribution is 0.436. The zero-order valence-corrected chi connectivity index (χ0v) is 31.3. The zero-order valence-electron chi connectivity index (χ0n) is 31.3. The van der Waals surface area contributed by atoms with Crippen LogP contribution in [-0.2, 0) is 5.41 Å². The van der Waals surface area contributed by atoms with Gasteiger partial charge in [-0.05, 0) is 52.1 Å². The van der Waals surface area contributed by atoms with Crippen LogP contribution in [0.15, 0.2) is 206 Å². The Bertz CT molecular complexity index is 2920. The van der Waals surface area contributed by atoms with Crippen molar-refractivity contribution in [3.05, 3.63) is 234 Å². The molecule has 10 rings (SSSR count). The third kappa shape index (κ3) is 6.01. The Balaban J connectivity index is 1.08. The Hall–Kier alpha value is -7.94. The fraction of sp³-hybridized carbons (Fsp3) is 0.0189. The predicted octanol–water partition coefficient (Wildman–Crippen LogP) is 12.6. The highest BCUT2D eigenvalue weighted by Crippen LogP contribution is 2.57. The highest BCUT2D eigenvalue weighted by molar-refractivity contribution is 5.81. The summed E-state index contributed by atoms with van der Waals surface area (Å²) in [6.45, 7) is 0. The first-order valence-electron chi connectivity index (χ1n) is 19.2. The number of benzene rings is 8. The molecule has 2 heterocycles. The molecule has 0 saturated heterocycles. The van der Waals surface area contributed by atoms with Crippen molar-refractivity contribution in [1.29, 1.82) is 5.26 Å². The van der Waals surface area contributed by atoms with Crippen molar-refractivity contribution in [3.63, 3.8) is 0 Å². The van der Waals surface area contributed by atoms with E-state index in [0.717, 1.165) is 61.6 Å². The van der Waals surface area contributed by atoms with Gasteiger partial charge in [-0.3, -0.25) is 0 Å². The van der Waals surface area contributed by atoms with Gasteiger partial charge in [-0.1, -0.05) is 182 Å². The quantitative estimate of drug-likeness (QED) is 0.163. The number of nitriles is 1. The smallest absolute Gasteiger partial charge is 0.164 e. The minimum Gasteiger partial charge on any atom is -0.456 e. The number of fused-ring (bicyclic) bond motifs is 2. The van der Waals surface area contributed by atoms with Crippen LogP contribution in [0.1, 0.15) is 27.8 Å². The maximum Gasteiger partial charge on any atom is 0.164 e. The van der Waals surface area contributed by atoms with Crippen molar-refractivity contribution in [2.45, 2.75) is 5.41 Å². The first-order valence-corrected chi connectivity index (χ1v) is 19.2. The normalized spacial score (nSPS) is 12.4. The molecule has 0 unspecified atom stereocenters. The molecule has 272 valence electrons. The SMILES string of the molecule is N#Cc1ccc(-c2cccc(-c3nc(-c4ccccc4)nc(-c4ccc(-c5cccc6c5Oc5ccccc5C6(c5ccccc5)c5ccccc5)cc4)n3)c2)cc1. The molecule has 1 aliphatic rings. The summed E-state index contributed by atoms with van der Waals surface area (Å²) in [5.41, 5.74) is 11.2. The molecular formula is C53H34N4O. The lowest BCUT2D eigenvalue weighted by Gasteiger charge is -2.42. The van der Waals surface area contributed by atoms with Crippen LogP contribution in [0.5, 0.6) is 11.5 Å². The van der Waals surface area contributed by atoms with Crippen molar-refractivity contribution >= 4 is 0 Å². The molecule has 1 aliphatic heterocycles. The molecule has 9 aromatic rings. The number of nitrogens with zero attached hydrogens (tertiary/aromatic N) is 4. The lowest BCUT2D eigenvalue weighted by Crippen LogP contribution is -2.34. The van der Waals surface area contributed by atoms with Crippen molar-refractivity contribution in [2.24, 2.45) is 0 Å². The Morgan fingerprint density at radius 3 is 1.53 bits per heavy atom. The van der Waals surface area contributed by atoms with Gasteiger partial charge >= 0.3 is 0 Å². The molecule has 5 heteroatoms. The Morgan fingerprint density at radius 1 is 0.397 bits per heavy atom. The number of hydrogen-bond acceptors (Lipinski definition) is 5. The third-order valence-corrected chi connectivity index (χ3v) is 10.9. The molecular weight excluding hydrogens is 709 g/mol. The molecule has 0 N–H and O–H groups in total. The topological polar surface area (TPSA) is 71.7 Å². The van der Waals surface area contributed by atoms with E-state index in [0.29, 0.717) is 23.0 Å². The van der Waals surface area contributed by atoms with E-state index in [9.17, 15) is 5.26 Å². The zero-order chi connectivity index (χ0) is 38.9. The van der Waals surface area contributed by atoms with Crippen molar-refractivity contribution in [2.75, 3.05) is 0 Å². The van der Waals surface area contributed by atoms with Gasteiger partial charge in [0.25, 0.3) is 0 Å². The first kappa shape index (κ1) is 34.5. The molecule has 58 heavy (non-hydrogen) atoms. The van der Waals surface area contributed by atoms with Crippen LogP contribution < -0.4 is 4.74 Å². The van der Waals surface area contributed by atoms with E-state index in [1.807, 2.05) is 72.8 Å². The summed E-state index contributed by atoms with van der Waals surface area (Å²) in [5, 5.41) is 9.30. The summed E-state index contributed by atoms with van der Waals surface area (Å²) in [5.74, 6) is 3.41. The van der Waals surface area contributed by atoms with E-state index in [1.165, 1.54) is 11.1 Å². The highest BCUT2D eigenvalue weighted by Gasteiger charge is 2.45. The van der Waals surface area contributed by atoms with Crippen LogP contribution in [0.2, 0.25) is 0 Å². The molecule has 0 saturated carbocycles. The summed E-state index contributed by atoms with van der Waals surface area (Å²) in [7, 11) is 0. The largest absolute Gasteiger partial charge is 0.456 e. The predicted molar refractivity (Wildman–Crippen MR) is 230 cm³/mol. The van der Waals surface area contributed by atoms with Crippen LogP contribution >= 0.6 is 0 Å². The summed E-state index contributed by atoms with van der Waals surface area (Å²) in [6, 6.07) is 72.7. The summed E-state index contributed by atoms with van der Waals surface area (Å²) in [6.07, 6.45) is 0. The maximum atomic E-state index is 9.30. The number of rotatable bonds is 7. The first-order chi connectivity index (χ1) is 28.7. The molecule has 0 aliphatic carbocycles. The Morgan fingerprint density at radius 2 is 0.879 bits per heavy atom. The summed E-state index contributed by atoms with van der Waals surface area (Å²) in [4.78, 5) is 15.0. The van der Waals surface area contributed by atoms with Gasteiger partial charge in [-0.25, -0.2) is 15.0 Å². The molecule has 0 radical (unpaired) electrons. The molecule has 0 spiro atoms. The fourth-order valence-electron chi connectivity index (χ4n) is 8.18. The number of aromatic nitrogens is 3. The van der Waals surface area contributed by atoms with Crippen LogP contribution in [0.3, 0.4) is 0 Å². The van der Waals surface area contributed by atoms with Gasteiger partial charge < -0.3 is 4.74 Å². The van der Waals surface area contributed by atoms with E-state index in [-0.39, 0.29) is 0 Å². The molecule has 8 aromatic carbocycles. The van der Waals surface area contributed by atoms with Crippen molar-refractivity contribution in [1.82, 2.24) is 15.0 Å². The summed E-state index contributed by atoms with van der Waals surface area (Å²) < 4.78 is 6.91. The maximum absolute atomic E-state index is 9.30. The number of ether oxygens (including phenoxy) is 1. The van der Waals surface area contributed by atoms with E-state index >= 15 is 0 Å². The monoisotopic (exact) mass is 742 g/mol. The van der Waals surface area contributed by atoms with Crippen LogP contribution in [-0.4, -0.2) is 15.0 Å². The van der Waals surface area contributed by atoms with Gasteiger partial charge in [-0.15, -0.1) is 0 Å². The van der Waals surface area contributed by atoms with Crippen LogP contribution in [0.4, 0.5) is 0 Å². The molecule has 0 bridgehead atoms. The molecule has 1 aromatic heterocycles. The van der Waals surface area contributed by atoms with Gasteiger partial charge in [0.15, 0.2) is 17.5 Å². The average molecular weight is 743 g/mol. The number of hydrogen-bond donors (Lipinski definition) is 0. The third-order valence-electron chi connectivity index (χ3n) is 10.9. The lowest BCUT2D eigenvalue weighted by atomic mass is 9.63. The van der Waals surface area contributed by atoms with Gasteiger partial charge in [0, 0.05) is 33.4 Å². The second kappa shape index (κ2) is 14.6. The van der Waals surface area contributed by atoms with Crippen LogP contribution in [0.25, 0.3) is 56.4 Å².